The lowest BCUT2D eigenvalue weighted by atomic mass is 10.2. The monoisotopic (exact) mass is 393 g/mol. The molecule has 23 heavy (non-hydrogen) atoms. The number of carbonyl (C=O) groups excluding carboxylic acids is 1. The van der Waals surface area contributed by atoms with Crippen molar-refractivity contribution < 1.29 is 4.79 Å². The van der Waals surface area contributed by atoms with Gasteiger partial charge in [0, 0.05) is 28.5 Å². The summed E-state index contributed by atoms with van der Waals surface area (Å²) >= 11 is 4.77. The first-order chi connectivity index (χ1) is 11.1. The van der Waals surface area contributed by atoms with Gasteiger partial charge in [0.2, 0.25) is 11.1 Å². The summed E-state index contributed by atoms with van der Waals surface area (Å²) in [7, 11) is 0. The normalized spacial score (nSPS) is 11.3. The van der Waals surface area contributed by atoms with E-state index in [2.05, 4.69) is 36.1 Å². The van der Waals surface area contributed by atoms with Crippen molar-refractivity contribution in [2.24, 2.45) is 0 Å². The summed E-state index contributed by atoms with van der Waals surface area (Å²) in [5.74, 6) is 0.407. The number of H-pyrrole nitrogens is 1. The molecule has 0 radical (unpaired) electrons. The average molecular weight is 394 g/mol. The predicted octanol–water partition coefficient (Wildman–Crippen LogP) is 3.23. The number of nitrogens with zero attached hydrogens (tertiary/aromatic N) is 4. The van der Waals surface area contributed by atoms with Crippen molar-refractivity contribution in [2.75, 3.05) is 18.8 Å². The van der Waals surface area contributed by atoms with Crippen LogP contribution >= 0.6 is 27.7 Å². The largest absolute Gasteiger partial charge is 0.343 e. The molecular weight excluding hydrogens is 378 g/mol. The highest BCUT2D eigenvalue weighted by molar-refractivity contribution is 9.10. The van der Waals surface area contributed by atoms with E-state index >= 15 is 0 Å². The van der Waals surface area contributed by atoms with Gasteiger partial charge in [-0.3, -0.25) is 4.79 Å². The van der Waals surface area contributed by atoms with Gasteiger partial charge in [0.1, 0.15) is 5.52 Å². The zero-order chi connectivity index (χ0) is 16.4. The minimum atomic E-state index is 0.0873. The molecule has 0 aliphatic carbocycles. The molecule has 0 spiro atoms. The third-order valence-electron chi connectivity index (χ3n) is 3.60. The first-order valence-corrected chi connectivity index (χ1v) is 9.12. The highest BCUT2D eigenvalue weighted by Crippen LogP contribution is 2.26. The Morgan fingerprint density at radius 2 is 2.09 bits per heavy atom. The van der Waals surface area contributed by atoms with E-state index in [1.54, 1.807) is 4.90 Å². The molecule has 0 aliphatic rings. The zero-order valence-corrected chi connectivity index (χ0v) is 15.2. The Morgan fingerprint density at radius 1 is 1.30 bits per heavy atom. The van der Waals surface area contributed by atoms with E-state index in [0.717, 1.165) is 20.9 Å². The number of halogens is 1. The van der Waals surface area contributed by atoms with Crippen LogP contribution in [-0.4, -0.2) is 49.8 Å². The molecule has 0 saturated heterocycles. The highest BCUT2D eigenvalue weighted by atomic mass is 79.9. The van der Waals surface area contributed by atoms with Gasteiger partial charge in [-0.05, 0) is 32.0 Å². The molecule has 1 N–H and O–H groups in total. The third-order valence-corrected chi connectivity index (χ3v) is 4.91. The number of fused-ring (bicyclic) bond motifs is 3. The van der Waals surface area contributed by atoms with Crippen LogP contribution in [0.2, 0.25) is 0 Å². The van der Waals surface area contributed by atoms with Gasteiger partial charge in [-0.25, -0.2) is 4.98 Å². The standard InChI is InChI=1S/C15H16BrN5OS/c1-3-21(4-2)12(22)8-23-15-18-14-13(19-20-15)10-7-9(16)5-6-11(10)17-14/h5-7H,3-4,8H2,1-2H3,(H,17,18,20). The molecule has 2 aromatic heterocycles. The van der Waals surface area contributed by atoms with E-state index in [1.807, 2.05) is 32.0 Å². The number of nitrogens with one attached hydrogen (secondary N) is 1. The minimum Gasteiger partial charge on any atom is -0.343 e. The number of benzene rings is 1. The van der Waals surface area contributed by atoms with Gasteiger partial charge in [0.25, 0.3) is 0 Å². The van der Waals surface area contributed by atoms with Crippen LogP contribution in [0.3, 0.4) is 0 Å². The minimum absolute atomic E-state index is 0.0873. The molecule has 2 heterocycles. The molecule has 3 rings (SSSR count). The van der Waals surface area contributed by atoms with Crippen LogP contribution in [0, 0.1) is 0 Å². The molecule has 0 unspecified atom stereocenters. The fourth-order valence-corrected chi connectivity index (χ4v) is 3.43. The van der Waals surface area contributed by atoms with Crippen molar-refractivity contribution in [2.45, 2.75) is 19.0 Å². The molecule has 3 aromatic rings. The Balaban J connectivity index is 1.83. The topological polar surface area (TPSA) is 74.8 Å². The number of aromatic amines is 1. The quantitative estimate of drug-likeness (QED) is 0.673. The fourth-order valence-electron chi connectivity index (χ4n) is 2.38. The van der Waals surface area contributed by atoms with Gasteiger partial charge >= 0.3 is 0 Å². The van der Waals surface area contributed by atoms with E-state index in [0.29, 0.717) is 29.6 Å². The molecule has 120 valence electrons. The number of rotatable bonds is 5. The molecule has 0 atom stereocenters. The Labute approximate surface area is 146 Å². The molecule has 0 aliphatic heterocycles. The van der Waals surface area contributed by atoms with Crippen molar-refractivity contribution in [1.29, 1.82) is 0 Å². The number of hydrogen-bond donors (Lipinski definition) is 1. The maximum Gasteiger partial charge on any atom is 0.233 e. The van der Waals surface area contributed by atoms with E-state index in [4.69, 9.17) is 0 Å². The van der Waals surface area contributed by atoms with Crippen molar-refractivity contribution in [3.05, 3.63) is 22.7 Å². The molecule has 0 fully saturated rings. The fraction of sp³-hybridized carbons (Fsp3) is 0.333. The average Bonchev–Trinajstić information content (AvgIpc) is 2.91. The molecule has 1 aromatic carbocycles. The van der Waals surface area contributed by atoms with E-state index in [9.17, 15) is 4.79 Å². The Morgan fingerprint density at radius 3 is 2.83 bits per heavy atom. The van der Waals surface area contributed by atoms with Crippen LogP contribution in [0.15, 0.2) is 27.8 Å². The maximum absolute atomic E-state index is 12.0. The zero-order valence-electron chi connectivity index (χ0n) is 12.8. The van der Waals surface area contributed by atoms with Crippen LogP contribution in [-0.2, 0) is 4.79 Å². The van der Waals surface area contributed by atoms with E-state index < -0.39 is 0 Å². The maximum atomic E-state index is 12.0. The van der Waals surface area contributed by atoms with Crippen LogP contribution in [0.4, 0.5) is 0 Å². The van der Waals surface area contributed by atoms with Gasteiger partial charge in [-0.15, -0.1) is 10.2 Å². The number of carbonyl (C=O) groups is 1. The van der Waals surface area contributed by atoms with Crippen LogP contribution < -0.4 is 0 Å². The lowest BCUT2D eigenvalue weighted by molar-refractivity contribution is -0.127. The number of aromatic nitrogens is 4. The van der Waals surface area contributed by atoms with Crippen molar-refractivity contribution in [3.63, 3.8) is 0 Å². The Bertz CT molecular complexity index is 862. The SMILES string of the molecule is CCN(CC)C(=O)CSc1nnc2c(n1)[nH]c1ccc(Br)cc12. The van der Waals surface area contributed by atoms with Crippen molar-refractivity contribution in [3.8, 4) is 0 Å². The smallest absolute Gasteiger partial charge is 0.233 e. The number of hydrogen-bond acceptors (Lipinski definition) is 5. The van der Waals surface area contributed by atoms with Gasteiger partial charge < -0.3 is 9.88 Å². The highest BCUT2D eigenvalue weighted by Gasteiger charge is 2.13. The summed E-state index contributed by atoms with van der Waals surface area (Å²) in [6.45, 7) is 5.37. The summed E-state index contributed by atoms with van der Waals surface area (Å²) in [6.07, 6.45) is 0. The van der Waals surface area contributed by atoms with Gasteiger partial charge in [-0.1, -0.05) is 27.7 Å². The molecule has 0 saturated carbocycles. The first-order valence-electron chi connectivity index (χ1n) is 7.34. The second-order valence-electron chi connectivity index (χ2n) is 4.96. The van der Waals surface area contributed by atoms with E-state index in [-0.39, 0.29) is 5.91 Å². The van der Waals surface area contributed by atoms with Gasteiger partial charge in [0.05, 0.1) is 5.75 Å². The van der Waals surface area contributed by atoms with E-state index in [1.165, 1.54) is 11.8 Å². The van der Waals surface area contributed by atoms with Crippen LogP contribution in [0.1, 0.15) is 13.8 Å². The predicted molar refractivity (Wildman–Crippen MR) is 95.5 cm³/mol. The van der Waals surface area contributed by atoms with Crippen molar-refractivity contribution >= 4 is 55.7 Å². The third kappa shape index (κ3) is 3.32. The summed E-state index contributed by atoms with van der Waals surface area (Å²) < 4.78 is 0.982. The molecule has 8 heteroatoms. The second kappa shape index (κ2) is 6.84. The molecule has 1 amide bonds. The lowest BCUT2D eigenvalue weighted by Crippen LogP contribution is -2.31. The summed E-state index contributed by atoms with van der Waals surface area (Å²) in [4.78, 5) is 21.5. The number of amides is 1. The first kappa shape index (κ1) is 16.2. The molecule has 0 bridgehead atoms. The lowest BCUT2D eigenvalue weighted by Gasteiger charge is -2.17. The molecular formula is C15H16BrN5OS. The number of thioether (sulfide) groups is 1. The summed E-state index contributed by atoms with van der Waals surface area (Å²) in [5.41, 5.74) is 2.39. The summed E-state index contributed by atoms with van der Waals surface area (Å²) in [6, 6.07) is 5.92. The molecule has 6 nitrogen and oxygen atoms in total. The Kier molecular flexibility index (Phi) is 4.82. The van der Waals surface area contributed by atoms with Gasteiger partial charge in [0.15, 0.2) is 5.65 Å². The summed E-state index contributed by atoms with van der Waals surface area (Å²) in [5, 5.41) is 9.88. The Hall–Kier alpha value is -1.67. The van der Waals surface area contributed by atoms with Gasteiger partial charge in [-0.2, -0.15) is 0 Å². The van der Waals surface area contributed by atoms with Crippen LogP contribution in [0.25, 0.3) is 22.1 Å². The van der Waals surface area contributed by atoms with Crippen LogP contribution in [0.5, 0.6) is 0 Å². The van der Waals surface area contributed by atoms with Crippen molar-refractivity contribution in [1.82, 2.24) is 25.1 Å². The second-order valence-corrected chi connectivity index (χ2v) is 6.82.